The zero-order chi connectivity index (χ0) is 40.9. The molecular weight excluding hydrogens is 736 g/mol. The molecule has 0 bridgehead atoms. The van der Waals surface area contributed by atoms with Crippen LogP contribution in [0.3, 0.4) is 0 Å². The molecule has 0 spiro atoms. The van der Waals surface area contributed by atoms with Crippen molar-refractivity contribution in [1.29, 1.82) is 0 Å². The van der Waals surface area contributed by atoms with Gasteiger partial charge in [0.2, 0.25) is 0 Å². The molecule has 5 aliphatic carbocycles. The maximum absolute atomic E-state index is 13.6. The van der Waals surface area contributed by atoms with Gasteiger partial charge in [-0.2, -0.15) is 0 Å². The Morgan fingerprint density at radius 1 is 0.691 bits per heavy atom. The molecule has 10 nitrogen and oxygen atoms in total. The predicted molar refractivity (Wildman–Crippen MR) is 192 cm³/mol. The van der Waals surface area contributed by atoms with Gasteiger partial charge >= 0.3 is 0 Å². The van der Waals surface area contributed by atoms with Gasteiger partial charge in [0.25, 0.3) is 23.7 Å². The van der Waals surface area contributed by atoms with Gasteiger partial charge in [-0.15, -0.1) is 10.2 Å². The second-order valence-electron chi connectivity index (χ2n) is 16.8. The molecule has 2 N–H and O–H groups in total. The summed E-state index contributed by atoms with van der Waals surface area (Å²) in [5.74, 6) is -11.1. The summed E-state index contributed by atoms with van der Waals surface area (Å²) >= 11 is 0. The molecule has 8 atom stereocenters. The smallest absolute Gasteiger partial charge is 0.265 e. The molecule has 18 heteroatoms. The van der Waals surface area contributed by atoms with Crippen molar-refractivity contribution in [3.05, 3.63) is 34.2 Å². The van der Waals surface area contributed by atoms with Crippen LogP contribution in [0.2, 0.25) is 0 Å². The zero-order valence-electron chi connectivity index (χ0n) is 32.7. The van der Waals surface area contributed by atoms with Crippen molar-refractivity contribution < 1.29 is 35.1 Å². The number of azide groups is 1. The molecule has 0 unspecified atom stereocenters. The van der Waals surface area contributed by atoms with Crippen LogP contribution in [-0.4, -0.2) is 65.8 Å². The highest BCUT2D eigenvalue weighted by atomic mass is 19.3. The highest BCUT2D eigenvalue weighted by molar-refractivity contribution is 5.03. The van der Waals surface area contributed by atoms with Crippen molar-refractivity contribution >= 4 is 0 Å². The van der Waals surface area contributed by atoms with Gasteiger partial charge in [-0.3, -0.25) is 0 Å². The second kappa shape index (κ2) is 18.1. The Morgan fingerprint density at radius 3 is 1.64 bits per heavy atom. The number of alkyl halides is 8. The van der Waals surface area contributed by atoms with Crippen LogP contribution in [0.25, 0.3) is 10.4 Å². The Bertz CT molecular complexity index is 1480. The maximum Gasteiger partial charge on any atom is 0.265 e. The average molecular weight is 795 g/mol. The molecule has 5 fully saturated rings. The van der Waals surface area contributed by atoms with E-state index >= 15 is 0 Å². The second-order valence-corrected chi connectivity index (χ2v) is 16.8. The fraction of sp³-hybridized carbons (Fsp3) is 0.892. The van der Waals surface area contributed by atoms with Crippen molar-refractivity contribution in [2.75, 3.05) is 0 Å². The SMILES string of the molecule is CC(C)c1cn([C@H]2CCCC(F)(F)[C@@H]2C)nn1.CC(C)c1cn([C@H]2CCCC(F)(F)[C@@H]2N)nn1.C[C@@H]1[C@@H](N=[N+]=[N-])CCCC1(F)F.FC1(F)CCC[C@H]2C[C@H]21. The lowest BCUT2D eigenvalue weighted by molar-refractivity contribution is -0.0999. The standard InChI is InChI=1S/C12H19F2N3.C11H18F2N4.C7H11F2N3.C7H10F2/c1-8(2)10-7-17(16-15-10)11-5-4-6-12(13,14)9(11)3;1-7(2)8-6-17(16-15-8)9-4-3-5-11(12,13)10(9)14;1-5-6(11-12-10)3-2-4-7(5,8)9;8-7(9)3-1-2-5-4-6(5)7/h7-9,11H,4-6H2,1-3H3;6-7,9-10H,3-5,14H2,1-2H3;5-6H,2-4H2,1H3;5-6H,1-4H2/t9-,11+;9-,10+;2*5-,6+/m1010/s1. The van der Waals surface area contributed by atoms with Crippen LogP contribution < -0.4 is 5.73 Å². The van der Waals surface area contributed by atoms with Crippen LogP contribution in [0, 0.1) is 23.7 Å². The van der Waals surface area contributed by atoms with Gasteiger partial charge in [-0.1, -0.05) is 57.1 Å². The molecule has 7 rings (SSSR count). The molecular formula is C37H58F8N10. The molecule has 55 heavy (non-hydrogen) atoms. The van der Waals surface area contributed by atoms with E-state index in [4.69, 9.17) is 11.3 Å². The zero-order valence-corrected chi connectivity index (χ0v) is 32.7. The van der Waals surface area contributed by atoms with E-state index in [0.717, 1.165) is 37.1 Å². The van der Waals surface area contributed by atoms with E-state index in [-0.39, 0.29) is 49.5 Å². The molecule has 5 aliphatic rings. The van der Waals surface area contributed by atoms with Crippen LogP contribution in [0.4, 0.5) is 35.1 Å². The molecule has 0 aromatic carbocycles. The van der Waals surface area contributed by atoms with Gasteiger partial charge in [0.05, 0.1) is 29.5 Å². The molecule has 5 saturated carbocycles. The van der Waals surface area contributed by atoms with E-state index in [1.807, 2.05) is 33.9 Å². The largest absolute Gasteiger partial charge is 0.321 e. The van der Waals surface area contributed by atoms with Gasteiger partial charge in [-0.05, 0) is 81.1 Å². The van der Waals surface area contributed by atoms with E-state index in [2.05, 4.69) is 30.7 Å². The number of hydrogen-bond acceptors (Lipinski definition) is 6. The van der Waals surface area contributed by atoms with Gasteiger partial charge in [0.1, 0.15) is 0 Å². The average Bonchev–Trinajstić information content (AvgIpc) is 3.50. The summed E-state index contributed by atoms with van der Waals surface area (Å²) in [5, 5.41) is 19.3. The first-order valence-electron chi connectivity index (χ1n) is 19.8. The van der Waals surface area contributed by atoms with Gasteiger partial charge in [-0.25, -0.2) is 44.5 Å². The van der Waals surface area contributed by atoms with Gasteiger partial charge in [0, 0.05) is 66.8 Å². The minimum absolute atomic E-state index is 0.00357. The molecule has 2 aromatic heterocycles. The molecule has 0 aliphatic heterocycles. The minimum atomic E-state index is -2.80. The highest BCUT2D eigenvalue weighted by Gasteiger charge is 2.56. The number of nitrogens with zero attached hydrogens (tertiary/aromatic N) is 9. The van der Waals surface area contributed by atoms with Crippen LogP contribution >= 0.6 is 0 Å². The summed E-state index contributed by atoms with van der Waals surface area (Å²) < 4.78 is 109. The Morgan fingerprint density at radius 2 is 1.15 bits per heavy atom. The fourth-order valence-electron chi connectivity index (χ4n) is 7.97. The third-order valence-electron chi connectivity index (χ3n) is 12.1. The van der Waals surface area contributed by atoms with Crippen molar-refractivity contribution in [1.82, 2.24) is 30.0 Å². The van der Waals surface area contributed by atoms with Crippen LogP contribution in [0.1, 0.15) is 160 Å². The number of nitrogens with two attached hydrogens (primary N) is 1. The topological polar surface area (TPSA) is 136 Å². The predicted octanol–water partition coefficient (Wildman–Crippen LogP) is 11.0. The quantitative estimate of drug-likeness (QED) is 0.139. The van der Waals surface area contributed by atoms with Crippen molar-refractivity contribution in [2.45, 2.75) is 185 Å². The van der Waals surface area contributed by atoms with E-state index in [0.29, 0.717) is 38.0 Å². The Kier molecular flexibility index (Phi) is 14.7. The van der Waals surface area contributed by atoms with Crippen LogP contribution in [0.15, 0.2) is 17.5 Å². The highest BCUT2D eigenvalue weighted by Crippen LogP contribution is 2.57. The lowest BCUT2D eigenvalue weighted by atomic mass is 9.82. The Labute approximate surface area is 318 Å². The molecule has 0 saturated heterocycles. The molecule has 312 valence electrons. The Balaban J connectivity index is 0.000000167. The first kappa shape index (κ1) is 44.7. The normalized spacial score (nSPS) is 32.6. The first-order valence-corrected chi connectivity index (χ1v) is 19.8. The van der Waals surface area contributed by atoms with Gasteiger partial charge in [0.15, 0.2) is 0 Å². The Hall–Kier alpha value is -3.01. The summed E-state index contributed by atoms with van der Waals surface area (Å²) in [6.07, 6.45) is 9.54. The summed E-state index contributed by atoms with van der Waals surface area (Å²) in [4.78, 5) is 2.57. The lowest BCUT2D eigenvalue weighted by Gasteiger charge is -2.35. The van der Waals surface area contributed by atoms with E-state index in [1.54, 1.807) is 17.8 Å². The minimum Gasteiger partial charge on any atom is -0.321 e. The summed E-state index contributed by atoms with van der Waals surface area (Å²) in [6.45, 7) is 11.1. The monoisotopic (exact) mass is 794 g/mol. The maximum atomic E-state index is 13.6. The number of halogens is 8. The van der Waals surface area contributed by atoms with E-state index in [1.165, 1.54) is 11.6 Å². The van der Waals surface area contributed by atoms with Gasteiger partial charge < -0.3 is 5.73 Å². The molecule has 0 radical (unpaired) electrons. The van der Waals surface area contributed by atoms with Crippen molar-refractivity contribution in [3.63, 3.8) is 0 Å². The summed E-state index contributed by atoms with van der Waals surface area (Å²) in [7, 11) is 0. The molecule has 2 heterocycles. The summed E-state index contributed by atoms with van der Waals surface area (Å²) in [5.41, 5.74) is 15.4. The molecule has 0 amide bonds. The van der Waals surface area contributed by atoms with E-state index < -0.39 is 53.7 Å². The number of fused-ring (bicyclic) bond motifs is 1. The van der Waals surface area contributed by atoms with Crippen molar-refractivity contribution in [3.8, 4) is 0 Å². The lowest BCUT2D eigenvalue weighted by Crippen LogP contribution is -2.50. The fourth-order valence-corrected chi connectivity index (χ4v) is 7.97. The van der Waals surface area contributed by atoms with Crippen LogP contribution in [0.5, 0.6) is 0 Å². The first-order chi connectivity index (χ1) is 25.6. The van der Waals surface area contributed by atoms with E-state index in [9.17, 15) is 35.1 Å². The third-order valence-corrected chi connectivity index (χ3v) is 12.1. The molecule has 2 aromatic rings. The number of aromatic nitrogens is 6. The van der Waals surface area contributed by atoms with Crippen molar-refractivity contribution in [2.24, 2.45) is 34.5 Å². The number of rotatable bonds is 5. The number of hydrogen-bond donors (Lipinski definition) is 1. The summed E-state index contributed by atoms with van der Waals surface area (Å²) in [6, 6.07) is -2.37. The third kappa shape index (κ3) is 11.3. The van der Waals surface area contributed by atoms with Crippen LogP contribution in [-0.2, 0) is 0 Å².